The van der Waals surface area contributed by atoms with E-state index in [0.29, 0.717) is 24.1 Å². The van der Waals surface area contributed by atoms with Crippen molar-refractivity contribution in [2.24, 2.45) is 0 Å². The predicted molar refractivity (Wildman–Crippen MR) is 64.5 cm³/mol. The molecule has 0 aliphatic rings. The second-order valence-electron chi connectivity index (χ2n) is 3.96. The number of carboxylic acid groups (broad SMARTS) is 1. The molecule has 1 aromatic carbocycles. The first-order valence-electron chi connectivity index (χ1n) is 5.65. The van der Waals surface area contributed by atoms with Crippen LogP contribution in [-0.2, 0) is 13.1 Å². The van der Waals surface area contributed by atoms with Gasteiger partial charge in [0.15, 0.2) is 0 Å². The van der Waals surface area contributed by atoms with Gasteiger partial charge in [0.25, 0.3) is 0 Å². The minimum atomic E-state index is -0.991. The Labute approximate surface area is 107 Å². The van der Waals surface area contributed by atoms with Crippen molar-refractivity contribution in [2.45, 2.75) is 13.1 Å². The maximum Gasteiger partial charge on any atom is 0.337 e. The van der Waals surface area contributed by atoms with E-state index in [-0.39, 0.29) is 5.56 Å². The number of fused-ring (bicyclic) bond motifs is 1. The van der Waals surface area contributed by atoms with Gasteiger partial charge in [-0.15, -0.1) is 10.2 Å². The minimum Gasteiger partial charge on any atom is -0.478 e. The first-order chi connectivity index (χ1) is 9.25. The van der Waals surface area contributed by atoms with Crippen LogP contribution >= 0.6 is 0 Å². The van der Waals surface area contributed by atoms with Crippen molar-refractivity contribution in [1.29, 1.82) is 0 Å². The number of benzene rings is 1. The van der Waals surface area contributed by atoms with E-state index in [2.05, 4.69) is 20.6 Å². The van der Waals surface area contributed by atoms with E-state index in [1.54, 1.807) is 40.0 Å². The lowest BCUT2D eigenvalue weighted by Crippen LogP contribution is -2.11. The average Bonchev–Trinajstić information content (AvgIpc) is 3.05. The van der Waals surface area contributed by atoms with E-state index in [9.17, 15) is 9.90 Å². The zero-order valence-electron chi connectivity index (χ0n) is 9.84. The molecule has 0 saturated carbocycles. The monoisotopic (exact) mass is 258 g/mol. The number of aromatic carboxylic acids is 1. The van der Waals surface area contributed by atoms with Crippen molar-refractivity contribution in [2.75, 3.05) is 0 Å². The van der Waals surface area contributed by atoms with Crippen LogP contribution in [-0.4, -0.2) is 41.1 Å². The number of rotatable bonds is 4. The normalized spacial score (nSPS) is 10.9. The molecule has 3 aromatic rings. The highest BCUT2D eigenvalue weighted by Gasteiger charge is 2.14. The van der Waals surface area contributed by atoms with Crippen molar-refractivity contribution < 1.29 is 9.90 Å². The molecule has 2 aromatic heterocycles. The summed E-state index contributed by atoms with van der Waals surface area (Å²) in [6.45, 7) is 1.02. The lowest BCUT2D eigenvalue weighted by atomic mass is 10.2. The van der Waals surface area contributed by atoms with Gasteiger partial charge in [0.1, 0.15) is 11.0 Å². The third-order valence-corrected chi connectivity index (χ3v) is 2.78. The first-order valence-corrected chi connectivity index (χ1v) is 5.65. The SMILES string of the molecule is O=C(O)c1cccc2nnn(CCn3ccnn3)c12. The van der Waals surface area contributed by atoms with Gasteiger partial charge in [0.2, 0.25) is 0 Å². The van der Waals surface area contributed by atoms with E-state index in [1.165, 1.54) is 0 Å². The van der Waals surface area contributed by atoms with Gasteiger partial charge >= 0.3 is 5.97 Å². The number of nitrogens with zero attached hydrogens (tertiary/aromatic N) is 6. The Hall–Kier alpha value is -2.77. The van der Waals surface area contributed by atoms with E-state index in [0.717, 1.165) is 0 Å². The van der Waals surface area contributed by atoms with Gasteiger partial charge in [-0.1, -0.05) is 16.5 Å². The fourth-order valence-corrected chi connectivity index (χ4v) is 1.91. The van der Waals surface area contributed by atoms with Crippen molar-refractivity contribution in [1.82, 2.24) is 30.0 Å². The Morgan fingerprint density at radius 3 is 2.89 bits per heavy atom. The number of hydrogen-bond donors (Lipinski definition) is 1. The molecule has 19 heavy (non-hydrogen) atoms. The Morgan fingerprint density at radius 1 is 1.26 bits per heavy atom. The van der Waals surface area contributed by atoms with Gasteiger partial charge in [-0.2, -0.15) is 0 Å². The summed E-state index contributed by atoms with van der Waals surface area (Å²) in [5.41, 5.74) is 1.29. The van der Waals surface area contributed by atoms with E-state index < -0.39 is 5.97 Å². The van der Waals surface area contributed by atoms with Gasteiger partial charge in [-0.25, -0.2) is 9.48 Å². The van der Waals surface area contributed by atoms with Gasteiger partial charge in [-0.05, 0) is 12.1 Å². The fourth-order valence-electron chi connectivity index (χ4n) is 1.91. The summed E-state index contributed by atoms with van der Waals surface area (Å²) in [5.74, 6) is -0.991. The summed E-state index contributed by atoms with van der Waals surface area (Å²) < 4.78 is 3.22. The molecule has 0 amide bonds. The van der Waals surface area contributed by atoms with Gasteiger partial charge in [0, 0.05) is 6.20 Å². The molecule has 0 fully saturated rings. The molecule has 0 saturated heterocycles. The van der Waals surface area contributed by atoms with Crippen LogP contribution in [0.3, 0.4) is 0 Å². The molecular formula is C11H10N6O2. The lowest BCUT2D eigenvalue weighted by molar-refractivity contribution is 0.0698. The topological polar surface area (TPSA) is 98.7 Å². The summed E-state index contributed by atoms with van der Waals surface area (Å²) in [5, 5.41) is 24.7. The molecule has 0 atom stereocenters. The number of para-hydroxylation sites is 1. The maximum atomic E-state index is 11.2. The molecule has 2 heterocycles. The second kappa shape index (κ2) is 4.48. The molecule has 96 valence electrons. The molecule has 8 nitrogen and oxygen atoms in total. The number of carboxylic acids is 1. The molecule has 0 radical (unpaired) electrons. The summed E-state index contributed by atoms with van der Waals surface area (Å²) in [7, 11) is 0. The number of carbonyl (C=O) groups is 1. The quantitative estimate of drug-likeness (QED) is 0.728. The van der Waals surface area contributed by atoms with Crippen LogP contribution in [0.5, 0.6) is 0 Å². The molecule has 1 N–H and O–H groups in total. The zero-order chi connectivity index (χ0) is 13.2. The smallest absolute Gasteiger partial charge is 0.337 e. The second-order valence-corrected chi connectivity index (χ2v) is 3.96. The molecule has 3 rings (SSSR count). The van der Waals surface area contributed by atoms with Crippen LogP contribution in [0.2, 0.25) is 0 Å². The summed E-state index contributed by atoms with van der Waals surface area (Å²) >= 11 is 0. The molecule has 0 aliphatic heterocycles. The fraction of sp³-hybridized carbons (Fsp3) is 0.182. The van der Waals surface area contributed by atoms with E-state index >= 15 is 0 Å². The maximum absolute atomic E-state index is 11.2. The van der Waals surface area contributed by atoms with E-state index in [1.807, 2.05) is 0 Å². The lowest BCUT2D eigenvalue weighted by Gasteiger charge is -2.04. The molecule has 0 aliphatic carbocycles. The highest BCUT2D eigenvalue weighted by molar-refractivity contribution is 6.00. The Kier molecular flexibility index (Phi) is 2.67. The molecule has 0 spiro atoms. The minimum absolute atomic E-state index is 0.195. The highest BCUT2D eigenvalue weighted by atomic mass is 16.4. The average molecular weight is 258 g/mol. The predicted octanol–water partition coefficient (Wildman–Crippen LogP) is 0.421. The van der Waals surface area contributed by atoms with Crippen LogP contribution in [0, 0.1) is 0 Å². The van der Waals surface area contributed by atoms with Gasteiger partial charge < -0.3 is 5.11 Å². The molecule has 0 bridgehead atoms. The van der Waals surface area contributed by atoms with Crippen LogP contribution < -0.4 is 0 Å². The molecular weight excluding hydrogens is 248 g/mol. The summed E-state index contributed by atoms with van der Waals surface area (Å²) in [6.07, 6.45) is 3.32. The van der Waals surface area contributed by atoms with Gasteiger partial charge in [-0.3, -0.25) is 4.68 Å². The van der Waals surface area contributed by atoms with Crippen molar-refractivity contribution in [3.63, 3.8) is 0 Å². The standard InChI is InChI=1S/C11H10N6O2/c18-11(19)8-2-1-3-9-10(8)17(15-13-9)7-6-16-5-4-12-14-16/h1-5H,6-7H2,(H,18,19). The first kappa shape index (κ1) is 11.3. The molecule has 0 unspecified atom stereocenters. The number of aryl methyl sites for hydroxylation is 2. The van der Waals surface area contributed by atoms with Crippen molar-refractivity contribution >= 4 is 17.0 Å². The third kappa shape index (κ3) is 2.03. The molecule has 8 heteroatoms. The van der Waals surface area contributed by atoms with Crippen molar-refractivity contribution in [3.05, 3.63) is 36.2 Å². The van der Waals surface area contributed by atoms with E-state index in [4.69, 9.17) is 0 Å². The Bertz CT molecular complexity index is 718. The highest BCUT2D eigenvalue weighted by Crippen LogP contribution is 2.16. The largest absolute Gasteiger partial charge is 0.478 e. The Balaban J connectivity index is 1.97. The van der Waals surface area contributed by atoms with Crippen LogP contribution in [0.1, 0.15) is 10.4 Å². The van der Waals surface area contributed by atoms with Crippen molar-refractivity contribution in [3.8, 4) is 0 Å². The number of hydrogen-bond acceptors (Lipinski definition) is 5. The number of aromatic nitrogens is 6. The Morgan fingerprint density at radius 2 is 2.16 bits per heavy atom. The van der Waals surface area contributed by atoms with Crippen LogP contribution in [0.15, 0.2) is 30.6 Å². The van der Waals surface area contributed by atoms with Gasteiger partial charge in [0.05, 0.1) is 24.8 Å². The summed E-state index contributed by atoms with van der Waals surface area (Å²) in [6, 6.07) is 4.93. The third-order valence-electron chi connectivity index (χ3n) is 2.78. The summed E-state index contributed by atoms with van der Waals surface area (Å²) in [4.78, 5) is 11.2. The zero-order valence-corrected chi connectivity index (χ0v) is 9.84. The van der Waals surface area contributed by atoms with Crippen LogP contribution in [0.4, 0.5) is 0 Å². The van der Waals surface area contributed by atoms with Crippen LogP contribution in [0.25, 0.3) is 11.0 Å².